The van der Waals surface area contributed by atoms with E-state index in [4.69, 9.17) is 4.74 Å². The summed E-state index contributed by atoms with van der Waals surface area (Å²) in [7, 11) is 0. The second-order valence-electron chi connectivity index (χ2n) is 7.17. The first-order valence-corrected chi connectivity index (χ1v) is 10.2. The molecule has 0 spiro atoms. The summed E-state index contributed by atoms with van der Waals surface area (Å²) in [6.07, 6.45) is 0. The number of non-ortho nitro benzene ring substituents is 1. The van der Waals surface area contributed by atoms with Crippen molar-refractivity contribution in [3.8, 4) is 0 Å². The van der Waals surface area contributed by atoms with E-state index >= 15 is 0 Å². The number of carbonyl (C=O) groups excluding carboxylic acids is 2. The topological polar surface area (TPSA) is 105 Å². The molecule has 0 saturated carbocycles. The Bertz CT molecular complexity index is 927. The number of nitro benzene ring substituents is 1. The minimum atomic E-state index is -0.698. The lowest BCUT2D eigenvalue weighted by molar-refractivity contribution is -0.384. The number of nitrogens with zero attached hydrogens (tertiary/aromatic N) is 3. The summed E-state index contributed by atoms with van der Waals surface area (Å²) in [6, 6.07) is 13.8. The fraction of sp³-hybridized carbons (Fsp3) is 0.364. The summed E-state index contributed by atoms with van der Waals surface area (Å²) >= 11 is 0. The van der Waals surface area contributed by atoms with Gasteiger partial charge in [0.15, 0.2) is 0 Å². The van der Waals surface area contributed by atoms with Gasteiger partial charge >= 0.3 is 5.97 Å². The zero-order valence-electron chi connectivity index (χ0n) is 17.5. The van der Waals surface area contributed by atoms with Crippen molar-refractivity contribution in [2.75, 3.05) is 50.8 Å². The molecule has 1 heterocycles. The monoisotopic (exact) mass is 426 g/mol. The van der Waals surface area contributed by atoms with E-state index in [-0.39, 0.29) is 23.4 Å². The van der Waals surface area contributed by atoms with Crippen LogP contribution in [0.3, 0.4) is 0 Å². The molecule has 9 nitrogen and oxygen atoms in total. The van der Waals surface area contributed by atoms with Gasteiger partial charge in [0.25, 0.3) is 11.6 Å². The number of rotatable bonds is 8. The first-order valence-electron chi connectivity index (χ1n) is 10.2. The molecule has 31 heavy (non-hydrogen) atoms. The largest absolute Gasteiger partial charge is 0.462 e. The lowest BCUT2D eigenvalue weighted by Gasteiger charge is -2.36. The molecule has 0 aromatic heterocycles. The summed E-state index contributed by atoms with van der Waals surface area (Å²) < 4.78 is 4.89. The van der Waals surface area contributed by atoms with Gasteiger partial charge in [0.1, 0.15) is 0 Å². The molecule has 1 aliphatic heterocycles. The first kappa shape index (κ1) is 22.2. The number of para-hydroxylation sites is 1. The van der Waals surface area contributed by atoms with Crippen LogP contribution < -0.4 is 10.2 Å². The van der Waals surface area contributed by atoms with Crippen LogP contribution in [0.5, 0.6) is 0 Å². The highest BCUT2D eigenvalue weighted by molar-refractivity contribution is 5.99. The van der Waals surface area contributed by atoms with Crippen molar-refractivity contribution in [2.24, 2.45) is 0 Å². The summed E-state index contributed by atoms with van der Waals surface area (Å²) in [5.41, 5.74) is 0.927. The van der Waals surface area contributed by atoms with Gasteiger partial charge in [0.05, 0.1) is 17.1 Å². The molecule has 1 fully saturated rings. The minimum absolute atomic E-state index is 0.0155. The maximum absolute atomic E-state index is 12.5. The molecule has 2 aromatic carbocycles. The van der Waals surface area contributed by atoms with Crippen LogP contribution in [0.25, 0.3) is 0 Å². The van der Waals surface area contributed by atoms with Crippen molar-refractivity contribution in [1.29, 1.82) is 0 Å². The Hall–Kier alpha value is -3.46. The third-order valence-electron chi connectivity index (χ3n) is 5.11. The van der Waals surface area contributed by atoms with Gasteiger partial charge in [0, 0.05) is 62.7 Å². The van der Waals surface area contributed by atoms with Gasteiger partial charge in [-0.15, -0.1) is 0 Å². The van der Waals surface area contributed by atoms with E-state index in [1.165, 1.54) is 11.8 Å². The number of amides is 1. The van der Waals surface area contributed by atoms with Gasteiger partial charge < -0.3 is 15.0 Å². The van der Waals surface area contributed by atoms with Crippen molar-refractivity contribution < 1.29 is 19.2 Å². The Morgan fingerprint density at radius 2 is 1.74 bits per heavy atom. The second kappa shape index (κ2) is 10.5. The third kappa shape index (κ3) is 6.02. The minimum Gasteiger partial charge on any atom is -0.462 e. The van der Waals surface area contributed by atoms with Crippen molar-refractivity contribution in [3.63, 3.8) is 0 Å². The highest BCUT2D eigenvalue weighted by Gasteiger charge is 2.20. The molecular weight excluding hydrogens is 400 g/mol. The number of ether oxygens (including phenoxy) is 1. The van der Waals surface area contributed by atoms with Crippen molar-refractivity contribution >= 4 is 23.3 Å². The van der Waals surface area contributed by atoms with Crippen LogP contribution in [0.4, 0.5) is 11.4 Å². The molecule has 9 heteroatoms. The zero-order valence-corrected chi connectivity index (χ0v) is 17.5. The molecule has 1 saturated heterocycles. The summed E-state index contributed by atoms with van der Waals surface area (Å²) in [5.74, 6) is -1.16. The first-order chi connectivity index (χ1) is 15.0. The summed E-state index contributed by atoms with van der Waals surface area (Å²) in [4.78, 5) is 39.6. The van der Waals surface area contributed by atoms with Crippen LogP contribution in [0, 0.1) is 10.1 Å². The number of piperazine rings is 1. The maximum atomic E-state index is 12.5. The van der Waals surface area contributed by atoms with Crippen molar-refractivity contribution in [3.05, 3.63) is 69.8 Å². The van der Waals surface area contributed by atoms with Gasteiger partial charge in [-0.3, -0.25) is 19.8 Å². The van der Waals surface area contributed by atoms with E-state index in [0.29, 0.717) is 13.1 Å². The van der Waals surface area contributed by atoms with Gasteiger partial charge in [-0.2, -0.15) is 0 Å². The van der Waals surface area contributed by atoms with Crippen LogP contribution in [-0.4, -0.2) is 67.6 Å². The SMILES string of the molecule is CCOC(=O)c1cc(C(=O)NCCN2CCN(c3ccccc3)CC2)cc([N+](=O)[O-])c1. The van der Waals surface area contributed by atoms with Crippen molar-refractivity contribution in [2.45, 2.75) is 6.92 Å². The number of nitro groups is 1. The highest BCUT2D eigenvalue weighted by Crippen LogP contribution is 2.19. The molecule has 1 N–H and O–H groups in total. The molecule has 2 aromatic rings. The third-order valence-corrected chi connectivity index (χ3v) is 5.11. The summed E-state index contributed by atoms with van der Waals surface area (Å²) in [6.45, 7) is 6.44. The Morgan fingerprint density at radius 3 is 2.39 bits per heavy atom. The number of anilines is 1. The Morgan fingerprint density at radius 1 is 1.06 bits per heavy atom. The van der Waals surface area contributed by atoms with Gasteiger partial charge in [-0.05, 0) is 25.1 Å². The molecule has 0 bridgehead atoms. The molecule has 1 amide bonds. The molecule has 0 aliphatic carbocycles. The number of hydrogen-bond donors (Lipinski definition) is 1. The molecule has 0 atom stereocenters. The van der Waals surface area contributed by atoms with Gasteiger partial charge in [-0.25, -0.2) is 4.79 Å². The van der Waals surface area contributed by atoms with Gasteiger partial charge in [0.2, 0.25) is 0 Å². The average Bonchev–Trinajstić information content (AvgIpc) is 2.80. The predicted octanol–water partition coefficient (Wildman–Crippen LogP) is 2.32. The van der Waals surface area contributed by atoms with E-state index < -0.39 is 16.8 Å². The normalized spacial score (nSPS) is 14.2. The lowest BCUT2D eigenvalue weighted by atomic mass is 10.1. The van der Waals surface area contributed by atoms with Crippen LogP contribution >= 0.6 is 0 Å². The Labute approximate surface area is 180 Å². The highest BCUT2D eigenvalue weighted by atomic mass is 16.6. The van der Waals surface area contributed by atoms with Crippen LogP contribution in [-0.2, 0) is 4.74 Å². The quantitative estimate of drug-likeness (QED) is 0.392. The number of benzene rings is 2. The number of carbonyl (C=O) groups is 2. The number of hydrogen-bond acceptors (Lipinski definition) is 7. The van der Waals surface area contributed by atoms with E-state index in [2.05, 4.69) is 27.2 Å². The van der Waals surface area contributed by atoms with E-state index in [1.807, 2.05) is 18.2 Å². The Balaban J connectivity index is 1.53. The van der Waals surface area contributed by atoms with Crippen LogP contribution in [0.1, 0.15) is 27.6 Å². The van der Waals surface area contributed by atoms with Crippen LogP contribution in [0.2, 0.25) is 0 Å². The van der Waals surface area contributed by atoms with E-state index in [0.717, 1.165) is 38.3 Å². The second-order valence-corrected chi connectivity index (χ2v) is 7.17. The molecule has 0 radical (unpaired) electrons. The van der Waals surface area contributed by atoms with Crippen molar-refractivity contribution in [1.82, 2.24) is 10.2 Å². The fourth-order valence-electron chi connectivity index (χ4n) is 3.48. The number of esters is 1. The molecule has 1 aliphatic rings. The van der Waals surface area contributed by atoms with E-state index in [1.54, 1.807) is 6.92 Å². The Kier molecular flexibility index (Phi) is 7.55. The maximum Gasteiger partial charge on any atom is 0.338 e. The molecule has 164 valence electrons. The average molecular weight is 426 g/mol. The molecular formula is C22H26N4O5. The van der Waals surface area contributed by atoms with E-state index in [9.17, 15) is 19.7 Å². The summed E-state index contributed by atoms with van der Waals surface area (Å²) in [5, 5.41) is 14.0. The number of nitrogens with one attached hydrogen (secondary N) is 1. The predicted molar refractivity (Wildman–Crippen MR) is 116 cm³/mol. The zero-order chi connectivity index (χ0) is 22.2. The lowest BCUT2D eigenvalue weighted by Crippen LogP contribution is -2.48. The molecule has 3 rings (SSSR count). The standard InChI is InChI=1S/C22H26N4O5/c1-2-31-22(28)18-14-17(15-20(16-18)26(29)30)21(27)23-8-9-24-10-12-25(13-11-24)19-6-4-3-5-7-19/h3-7,14-16H,2,8-13H2,1H3,(H,23,27). The van der Waals surface area contributed by atoms with Crippen LogP contribution in [0.15, 0.2) is 48.5 Å². The fourth-order valence-corrected chi connectivity index (χ4v) is 3.48. The molecule has 0 unspecified atom stereocenters. The smallest absolute Gasteiger partial charge is 0.338 e. The van der Waals surface area contributed by atoms with Gasteiger partial charge in [-0.1, -0.05) is 18.2 Å².